The summed E-state index contributed by atoms with van der Waals surface area (Å²) in [6.45, 7) is 5.68. The molecule has 2 N–H and O–H groups in total. The van der Waals surface area contributed by atoms with Crippen LogP contribution in [-0.2, 0) is 9.53 Å². The Morgan fingerprint density at radius 3 is 2.37 bits per heavy atom. The number of rotatable bonds is 8. The summed E-state index contributed by atoms with van der Waals surface area (Å²) in [7, 11) is 3.26. The van der Waals surface area contributed by atoms with Gasteiger partial charge in [0, 0.05) is 50.2 Å². The quantitative estimate of drug-likeness (QED) is 0.562. The fourth-order valence-electron chi connectivity index (χ4n) is 4.43. The van der Waals surface area contributed by atoms with Crippen LogP contribution in [0.2, 0.25) is 0 Å². The smallest absolute Gasteiger partial charge is 0.338 e. The lowest BCUT2D eigenvalue weighted by atomic mass is 9.94. The summed E-state index contributed by atoms with van der Waals surface area (Å²) >= 11 is 0. The summed E-state index contributed by atoms with van der Waals surface area (Å²) < 4.78 is 16.0. The van der Waals surface area contributed by atoms with Gasteiger partial charge in [0.15, 0.2) is 0 Å². The molecule has 35 heavy (non-hydrogen) atoms. The topological polar surface area (TPSA) is 92.4 Å². The molecule has 2 aliphatic heterocycles. The van der Waals surface area contributed by atoms with Crippen LogP contribution in [0, 0.1) is 0 Å². The number of methoxy groups -OCH3 is 2. The van der Waals surface area contributed by atoms with Crippen LogP contribution in [0.3, 0.4) is 0 Å². The van der Waals surface area contributed by atoms with Crippen molar-refractivity contribution in [3.63, 3.8) is 0 Å². The van der Waals surface area contributed by atoms with Gasteiger partial charge in [0.2, 0.25) is 0 Å². The SMILES string of the molecule is CCOC(=O)C1=C(CN2CCN(c3cccc(OC)c3)CC2)NC(=O)N[C@@H]1c1ccc(OC)cc1. The molecule has 0 aromatic heterocycles. The predicted molar refractivity (Wildman–Crippen MR) is 133 cm³/mol. The first kappa shape index (κ1) is 24.4. The zero-order valence-electron chi connectivity index (χ0n) is 20.4. The summed E-state index contributed by atoms with van der Waals surface area (Å²) in [4.78, 5) is 30.1. The summed E-state index contributed by atoms with van der Waals surface area (Å²) in [5, 5.41) is 5.74. The minimum atomic E-state index is -0.609. The van der Waals surface area contributed by atoms with E-state index in [4.69, 9.17) is 14.2 Å². The highest BCUT2D eigenvalue weighted by Gasteiger charge is 2.34. The van der Waals surface area contributed by atoms with Crippen molar-refractivity contribution in [2.45, 2.75) is 13.0 Å². The van der Waals surface area contributed by atoms with Gasteiger partial charge in [-0.15, -0.1) is 0 Å². The molecule has 9 heteroatoms. The fraction of sp³-hybridized carbons (Fsp3) is 0.385. The van der Waals surface area contributed by atoms with Gasteiger partial charge in [0.05, 0.1) is 32.4 Å². The molecule has 2 aromatic carbocycles. The number of nitrogens with one attached hydrogen (secondary N) is 2. The Bertz CT molecular complexity index is 1080. The van der Waals surface area contributed by atoms with Gasteiger partial charge in [-0.1, -0.05) is 18.2 Å². The maximum Gasteiger partial charge on any atom is 0.338 e. The van der Waals surface area contributed by atoms with Crippen LogP contribution in [0.5, 0.6) is 11.5 Å². The lowest BCUT2D eigenvalue weighted by Crippen LogP contribution is -2.51. The molecule has 9 nitrogen and oxygen atoms in total. The molecule has 2 aliphatic rings. The van der Waals surface area contributed by atoms with E-state index in [9.17, 15) is 9.59 Å². The largest absolute Gasteiger partial charge is 0.497 e. The van der Waals surface area contributed by atoms with Gasteiger partial charge in [-0.25, -0.2) is 9.59 Å². The number of carbonyl (C=O) groups is 2. The average molecular weight is 481 g/mol. The van der Waals surface area contributed by atoms with Crippen LogP contribution in [-0.4, -0.2) is 70.5 Å². The molecule has 186 valence electrons. The van der Waals surface area contributed by atoms with Crippen LogP contribution in [0.25, 0.3) is 0 Å². The predicted octanol–water partition coefficient (Wildman–Crippen LogP) is 2.70. The molecule has 1 saturated heterocycles. The second-order valence-electron chi connectivity index (χ2n) is 8.38. The molecule has 1 atom stereocenters. The van der Waals surface area contributed by atoms with Crippen LogP contribution in [0.1, 0.15) is 18.5 Å². The number of piperazine rings is 1. The number of anilines is 1. The molecule has 0 radical (unpaired) electrons. The zero-order chi connectivity index (χ0) is 24.8. The average Bonchev–Trinajstić information content (AvgIpc) is 2.89. The Morgan fingerprint density at radius 2 is 1.71 bits per heavy atom. The molecule has 2 amide bonds. The monoisotopic (exact) mass is 480 g/mol. The Labute approximate surface area is 205 Å². The number of benzene rings is 2. The summed E-state index contributed by atoms with van der Waals surface area (Å²) in [6.07, 6.45) is 0. The fourth-order valence-corrected chi connectivity index (χ4v) is 4.43. The van der Waals surface area contributed by atoms with Crippen molar-refractivity contribution in [1.82, 2.24) is 15.5 Å². The number of hydrogen-bond donors (Lipinski definition) is 2. The highest BCUT2D eigenvalue weighted by atomic mass is 16.5. The first-order valence-electron chi connectivity index (χ1n) is 11.7. The molecular formula is C26H32N4O5. The van der Waals surface area contributed by atoms with Crippen molar-refractivity contribution >= 4 is 17.7 Å². The van der Waals surface area contributed by atoms with Gasteiger partial charge in [-0.05, 0) is 36.8 Å². The number of hydrogen-bond acceptors (Lipinski definition) is 7. The molecule has 0 saturated carbocycles. The summed E-state index contributed by atoms with van der Waals surface area (Å²) in [5.74, 6) is 1.09. The second-order valence-corrected chi connectivity index (χ2v) is 8.38. The van der Waals surface area contributed by atoms with E-state index in [-0.39, 0.29) is 12.6 Å². The van der Waals surface area contributed by atoms with Crippen LogP contribution >= 0.6 is 0 Å². The number of nitrogens with zero attached hydrogens (tertiary/aromatic N) is 2. The normalized spacial score (nSPS) is 18.5. The van der Waals surface area contributed by atoms with E-state index in [0.29, 0.717) is 23.6 Å². The third-order valence-corrected chi connectivity index (χ3v) is 6.27. The van der Waals surface area contributed by atoms with Crippen LogP contribution in [0.4, 0.5) is 10.5 Å². The van der Waals surface area contributed by atoms with Crippen LogP contribution in [0.15, 0.2) is 59.8 Å². The standard InChI is InChI=1S/C26H32N4O5/c1-4-35-25(31)23-22(27-26(32)28-24(23)18-8-10-20(33-2)11-9-18)17-29-12-14-30(15-13-29)19-6-5-7-21(16-19)34-3/h5-11,16,24H,4,12-15,17H2,1-3H3,(H2,27,28,32)/t24-/m1/s1. The molecule has 2 heterocycles. The maximum atomic E-state index is 13.0. The highest BCUT2D eigenvalue weighted by molar-refractivity contribution is 5.95. The van der Waals surface area contributed by atoms with E-state index in [0.717, 1.165) is 43.2 Å². The molecule has 0 unspecified atom stereocenters. The second kappa shape index (κ2) is 11.1. The molecular weight excluding hydrogens is 448 g/mol. The van der Waals surface area contributed by atoms with E-state index in [1.807, 2.05) is 42.5 Å². The highest BCUT2D eigenvalue weighted by Crippen LogP contribution is 2.30. The summed E-state index contributed by atoms with van der Waals surface area (Å²) in [5.41, 5.74) is 2.89. The van der Waals surface area contributed by atoms with Crippen molar-refractivity contribution in [2.24, 2.45) is 0 Å². The molecule has 0 aliphatic carbocycles. The van der Waals surface area contributed by atoms with E-state index >= 15 is 0 Å². The Balaban J connectivity index is 1.54. The number of carbonyl (C=O) groups excluding carboxylic acids is 2. The zero-order valence-corrected chi connectivity index (χ0v) is 20.4. The maximum absolute atomic E-state index is 13.0. The number of urea groups is 1. The lowest BCUT2D eigenvalue weighted by molar-refractivity contribution is -0.139. The Kier molecular flexibility index (Phi) is 7.77. The van der Waals surface area contributed by atoms with E-state index < -0.39 is 12.0 Å². The molecule has 0 bridgehead atoms. The minimum Gasteiger partial charge on any atom is -0.497 e. The van der Waals surface area contributed by atoms with Crippen molar-refractivity contribution in [3.8, 4) is 11.5 Å². The van der Waals surface area contributed by atoms with E-state index in [1.165, 1.54) is 0 Å². The summed E-state index contributed by atoms with van der Waals surface area (Å²) in [6, 6.07) is 14.4. The van der Waals surface area contributed by atoms with Gasteiger partial charge in [0.1, 0.15) is 11.5 Å². The van der Waals surface area contributed by atoms with Gasteiger partial charge in [0.25, 0.3) is 0 Å². The van der Waals surface area contributed by atoms with E-state index in [2.05, 4.69) is 26.5 Å². The first-order chi connectivity index (χ1) is 17.0. The molecule has 0 spiro atoms. The molecule has 1 fully saturated rings. The Morgan fingerprint density at radius 1 is 1.00 bits per heavy atom. The minimum absolute atomic E-state index is 0.248. The van der Waals surface area contributed by atoms with Crippen molar-refractivity contribution in [1.29, 1.82) is 0 Å². The number of esters is 1. The first-order valence-corrected chi connectivity index (χ1v) is 11.7. The van der Waals surface area contributed by atoms with Crippen molar-refractivity contribution in [2.75, 3.05) is 58.5 Å². The third-order valence-electron chi connectivity index (χ3n) is 6.27. The van der Waals surface area contributed by atoms with Crippen molar-refractivity contribution in [3.05, 3.63) is 65.4 Å². The lowest BCUT2D eigenvalue weighted by Gasteiger charge is -2.38. The Hall–Kier alpha value is -3.72. The number of amides is 2. The van der Waals surface area contributed by atoms with Gasteiger partial charge in [-0.2, -0.15) is 0 Å². The molecule has 2 aromatic rings. The molecule has 4 rings (SSSR count). The van der Waals surface area contributed by atoms with E-state index in [1.54, 1.807) is 21.1 Å². The van der Waals surface area contributed by atoms with Crippen molar-refractivity contribution < 1.29 is 23.8 Å². The van der Waals surface area contributed by atoms with Gasteiger partial charge in [-0.3, -0.25) is 4.90 Å². The van der Waals surface area contributed by atoms with Gasteiger partial charge >= 0.3 is 12.0 Å². The third kappa shape index (κ3) is 5.68. The van der Waals surface area contributed by atoms with Gasteiger partial charge < -0.3 is 29.7 Å². The van der Waals surface area contributed by atoms with Crippen LogP contribution < -0.4 is 25.0 Å². The number of ether oxygens (including phenoxy) is 3.